The Labute approximate surface area is 123 Å². The molecule has 0 saturated heterocycles. The normalized spacial score (nSPS) is 10.5. The zero-order valence-electron chi connectivity index (χ0n) is 12.3. The van der Waals surface area contributed by atoms with E-state index in [0.29, 0.717) is 23.6 Å². The van der Waals surface area contributed by atoms with E-state index in [1.54, 1.807) is 13.0 Å². The molecule has 0 atom stereocenters. The molecule has 5 heteroatoms. The lowest BCUT2D eigenvalue weighted by Gasteiger charge is -2.11. The van der Waals surface area contributed by atoms with Gasteiger partial charge in [-0.3, -0.25) is 10.1 Å². The molecule has 0 bridgehead atoms. The third kappa shape index (κ3) is 3.20. The quantitative estimate of drug-likeness (QED) is 0.685. The van der Waals surface area contributed by atoms with E-state index in [4.69, 9.17) is 10.5 Å². The van der Waals surface area contributed by atoms with E-state index in [9.17, 15) is 10.1 Å². The summed E-state index contributed by atoms with van der Waals surface area (Å²) in [5.41, 5.74) is 9.26. The lowest BCUT2D eigenvalue weighted by Crippen LogP contribution is -1.99. The molecular formula is C16H18N2O3. The van der Waals surface area contributed by atoms with Crippen LogP contribution in [0.3, 0.4) is 0 Å². The van der Waals surface area contributed by atoms with Crippen LogP contribution in [0.4, 0.5) is 5.69 Å². The van der Waals surface area contributed by atoms with Crippen molar-refractivity contribution < 1.29 is 9.66 Å². The summed E-state index contributed by atoms with van der Waals surface area (Å²) in [6.45, 7) is 6.02. The fraction of sp³-hybridized carbons (Fsp3) is 0.250. The molecule has 2 aromatic rings. The van der Waals surface area contributed by atoms with Crippen LogP contribution in [0.15, 0.2) is 30.3 Å². The number of nitrogens with two attached hydrogens (primary N) is 1. The number of nitrogens with zero attached hydrogens (tertiary/aromatic N) is 1. The second-order valence-electron chi connectivity index (χ2n) is 5.06. The molecule has 110 valence electrons. The maximum Gasteiger partial charge on any atom is 0.276 e. The highest BCUT2D eigenvalue weighted by molar-refractivity contribution is 5.51. The topological polar surface area (TPSA) is 78.4 Å². The molecule has 2 N–H and O–H groups in total. The van der Waals surface area contributed by atoms with Gasteiger partial charge >= 0.3 is 0 Å². The lowest BCUT2D eigenvalue weighted by atomic mass is 10.1. The Balaban J connectivity index is 2.37. The van der Waals surface area contributed by atoms with Gasteiger partial charge in [0.2, 0.25) is 0 Å². The van der Waals surface area contributed by atoms with E-state index in [-0.39, 0.29) is 5.69 Å². The molecule has 0 spiro atoms. The average Bonchev–Trinajstić information content (AvgIpc) is 2.41. The molecule has 0 amide bonds. The molecule has 0 aliphatic heterocycles. The van der Waals surface area contributed by atoms with Crippen molar-refractivity contribution in [2.45, 2.75) is 27.3 Å². The Morgan fingerprint density at radius 1 is 1.10 bits per heavy atom. The molecule has 0 aliphatic carbocycles. The minimum absolute atomic E-state index is 0.0610. The van der Waals surface area contributed by atoms with E-state index in [1.807, 2.05) is 32.0 Å². The van der Waals surface area contributed by atoms with E-state index >= 15 is 0 Å². The smallest absolute Gasteiger partial charge is 0.276 e. The van der Waals surface area contributed by atoms with Gasteiger partial charge in [0.15, 0.2) is 0 Å². The maximum absolute atomic E-state index is 11.0. The SMILES string of the molecule is Cc1cc(Oc2cc([N+](=O)[O-])c(C)cc2C)ccc1CN. The van der Waals surface area contributed by atoms with Crippen LogP contribution in [-0.2, 0) is 6.54 Å². The summed E-state index contributed by atoms with van der Waals surface area (Å²) in [4.78, 5) is 10.6. The number of nitro groups is 1. The highest BCUT2D eigenvalue weighted by Crippen LogP contribution is 2.32. The van der Waals surface area contributed by atoms with Crippen LogP contribution in [0.5, 0.6) is 11.5 Å². The third-order valence-electron chi connectivity index (χ3n) is 3.45. The van der Waals surface area contributed by atoms with E-state index < -0.39 is 4.92 Å². The summed E-state index contributed by atoms with van der Waals surface area (Å²) in [6, 6.07) is 8.83. The van der Waals surface area contributed by atoms with Crippen molar-refractivity contribution in [3.63, 3.8) is 0 Å². The average molecular weight is 286 g/mol. The van der Waals surface area contributed by atoms with Gasteiger partial charge in [-0.05, 0) is 55.7 Å². The minimum Gasteiger partial charge on any atom is -0.457 e. The summed E-state index contributed by atoms with van der Waals surface area (Å²) < 4.78 is 5.79. The van der Waals surface area contributed by atoms with E-state index in [2.05, 4.69) is 0 Å². The Morgan fingerprint density at radius 3 is 2.38 bits per heavy atom. The predicted octanol–water partition coefficient (Wildman–Crippen LogP) is 3.77. The molecule has 2 rings (SSSR count). The molecule has 0 aliphatic rings. The van der Waals surface area contributed by atoms with Crippen molar-refractivity contribution in [3.05, 3.63) is 62.7 Å². The summed E-state index contributed by atoms with van der Waals surface area (Å²) in [7, 11) is 0. The molecule has 5 nitrogen and oxygen atoms in total. The van der Waals surface area contributed by atoms with Crippen LogP contribution < -0.4 is 10.5 Å². The van der Waals surface area contributed by atoms with Crippen LogP contribution in [0, 0.1) is 30.9 Å². The predicted molar refractivity (Wildman–Crippen MR) is 81.7 cm³/mol. The van der Waals surface area contributed by atoms with Gasteiger partial charge in [0, 0.05) is 12.1 Å². The summed E-state index contributed by atoms with van der Waals surface area (Å²) in [5, 5.41) is 11.0. The van der Waals surface area contributed by atoms with Gasteiger partial charge in [-0.15, -0.1) is 0 Å². The van der Waals surface area contributed by atoms with Gasteiger partial charge < -0.3 is 10.5 Å². The molecule has 21 heavy (non-hydrogen) atoms. The van der Waals surface area contributed by atoms with Gasteiger partial charge in [-0.1, -0.05) is 6.07 Å². The van der Waals surface area contributed by atoms with Gasteiger partial charge in [0.25, 0.3) is 5.69 Å². The molecule has 0 saturated carbocycles. The highest BCUT2D eigenvalue weighted by Gasteiger charge is 2.15. The first-order valence-corrected chi connectivity index (χ1v) is 6.65. The van der Waals surface area contributed by atoms with Crippen LogP contribution in [-0.4, -0.2) is 4.92 Å². The van der Waals surface area contributed by atoms with Gasteiger partial charge in [-0.25, -0.2) is 0 Å². The van der Waals surface area contributed by atoms with Gasteiger partial charge in [0.1, 0.15) is 11.5 Å². The van der Waals surface area contributed by atoms with Crippen LogP contribution >= 0.6 is 0 Å². The first-order chi connectivity index (χ1) is 9.92. The maximum atomic E-state index is 11.0. The molecule has 2 aromatic carbocycles. The van der Waals surface area contributed by atoms with Crippen LogP contribution in [0.2, 0.25) is 0 Å². The lowest BCUT2D eigenvalue weighted by molar-refractivity contribution is -0.385. The first-order valence-electron chi connectivity index (χ1n) is 6.65. The van der Waals surface area contributed by atoms with E-state index in [1.165, 1.54) is 6.07 Å². The second-order valence-corrected chi connectivity index (χ2v) is 5.06. The molecule has 0 heterocycles. The standard InChI is InChI=1S/C16H18N2O3/c1-10-7-14(5-4-13(10)9-17)21-16-8-15(18(19)20)11(2)6-12(16)3/h4-8H,9,17H2,1-3H3. The van der Waals surface area contributed by atoms with Crippen molar-refractivity contribution in [2.24, 2.45) is 5.73 Å². The zero-order chi connectivity index (χ0) is 15.6. The third-order valence-corrected chi connectivity index (χ3v) is 3.45. The van der Waals surface area contributed by atoms with Crippen molar-refractivity contribution in [3.8, 4) is 11.5 Å². The number of rotatable bonds is 4. The van der Waals surface area contributed by atoms with E-state index in [0.717, 1.165) is 16.7 Å². The summed E-state index contributed by atoms with van der Waals surface area (Å²) >= 11 is 0. The Hall–Kier alpha value is -2.40. The number of nitro benzene ring substituents is 1. The Kier molecular flexibility index (Phi) is 4.23. The molecule has 0 radical (unpaired) electrons. The van der Waals surface area contributed by atoms with Crippen LogP contribution in [0.25, 0.3) is 0 Å². The Morgan fingerprint density at radius 2 is 1.81 bits per heavy atom. The fourth-order valence-electron chi connectivity index (χ4n) is 2.22. The number of hydrogen-bond acceptors (Lipinski definition) is 4. The number of benzene rings is 2. The van der Waals surface area contributed by atoms with Gasteiger partial charge in [0.05, 0.1) is 11.0 Å². The highest BCUT2D eigenvalue weighted by atomic mass is 16.6. The molecule has 0 fully saturated rings. The van der Waals surface area contributed by atoms with Crippen LogP contribution in [0.1, 0.15) is 22.3 Å². The van der Waals surface area contributed by atoms with Gasteiger partial charge in [-0.2, -0.15) is 0 Å². The molecule has 0 unspecified atom stereocenters. The minimum atomic E-state index is -0.398. The summed E-state index contributed by atoms with van der Waals surface area (Å²) in [6.07, 6.45) is 0. The first kappa shape index (κ1) is 15.0. The van der Waals surface area contributed by atoms with Crippen molar-refractivity contribution in [2.75, 3.05) is 0 Å². The molecular weight excluding hydrogens is 268 g/mol. The largest absolute Gasteiger partial charge is 0.457 e. The number of aryl methyl sites for hydroxylation is 3. The van der Waals surface area contributed by atoms with Crippen molar-refractivity contribution in [1.29, 1.82) is 0 Å². The number of hydrogen-bond donors (Lipinski definition) is 1. The number of ether oxygens (including phenoxy) is 1. The zero-order valence-corrected chi connectivity index (χ0v) is 12.3. The molecule has 0 aromatic heterocycles. The fourth-order valence-corrected chi connectivity index (χ4v) is 2.22. The Bertz CT molecular complexity index is 696. The second kappa shape index (κ2) is 5.93. The monoisotopic (exact) mass is 286 g/mol. The van der Waals surface area contributed by atoms with Crippen molar-refractivity contribution in [1.82, 2.24) is 0 Å². The summed E-state index contributed by atoms with van der Waals surface area (Å²) in [5.74, 6) is 1.14. The van der Waals surface area contributed by atoms with Crippen molar-refractivity contribution >= 4 is 5.69 Å².